The lowest BCUT2D eigenvalue weighted by molar-refractivity contribution is 0.0759. The van der Waals surface area contributed by atoms with Crippen LogP contribution in [0.2, 0.25) is 0 Å². The number of likely N-dealkylation sites (tertiary alicyclic amines) is 1. The van der Waals surface area contributed by atoms with Crippen molar-refractivity contribution in [2.24, 2.45) is 4.99 Å². The predicted octanol–water partition coefficient (Wildman–Crippen LogP) is 3.29. The summed E-state index contributed by atoms with van der Waals surface area (Å²) < 4.78 is 1.85. The number of H-pyrrole nitrogens is 1. The molecule has 5 rings (SSSR count). The van der Waals surface area contributed by atoms with E-state index in [1.807, 2.05) is 35.4 Å². The average Bonchev–Trinajstić information content (AvgIpc) is 3.46. The Balaban J connectivity index is 1.31. The van der Waals surface area contributed by atoms with Gasteiger partial charge in [-0.15, -0.1) is 0 Å². The van der Waals surface area contributed by atoms with Crippen molar-refractivity contribution in [1.29, 1.82) is 0 Å². The van der Waals surface area contributed by atoms with E-state index in [2.05, 4.69) is 61.6 Å². The van der Waals surface area contributed by atoms with E-state index in [0.29, 0.717) is 6.04 Å². The number of fused-ring (bicyclic) bond motifs is 1. The summed E-state index contributed by atoms with van der Waals surface area (Å²) in [5, 5.41) is 4.62. The van der Waals surface area contributed by atoms with E-state index in [4.69, 9.17) is 0 Å². The van der Waals surface area contributed by atoms with Gasteiger partial charge in [0.2, 0.25) is 0 Å². The Bertz CT molecular complexity index is 1110. The minimum atomic E-state index is 0.712. The number of likely N-dealkylation sites (N-methyl/N-ethyl adjacent to an activating group) is 1. The highest BCUT2D eigenvalue weighted by Gasteiger charge is 2.27. The van der Waals surface area contributed by atoms with Crippen molar-refractivity contribution in [3.63, 3.8) is 0 Å². The first kappa shape index (κ1) is 20.9. The van der Waals surface area contributed by atoms with Gasteiger partial charge in [-0.3, -0.25) is 9.88 Å². The van der Waals surface area contributed by atoms with Gasteiger partial charge >= 0.3 is 0 Å². The van der Waals surface area contributed by atoms with E-state index in [1.54, 1.807) is 0 Å². The van der Waals surface area contributed by atoms with Gasteiger partial charge in [0, 0.05) is 80.7 Å². The molecule has 0 amide bonds. The Hall–Kier alpha value is -2.97. The maximum atomic E-state index is 4.62. The SMILES string of the molecule is C=Nc1c(-c2ccnc3cc[nH]c23)cnn1/C=C(\C)N1CCC(N2CCN(C)CC2)CC1. The topological polar surface area (TPSA) is 68.6 Å². The quantitative estimate of drug-likeness (QED) is 0.627. The van der Waals surface area contributed by atoms with Crippen molar-refractivity contribution < 1.29 is 0 Å². The lowest BCUT2D eigenvalue weighted by Gasteiger charge is -2.42. The lowest BCUT2D eigenvalue weighted by Crippen LogP contribution is -2.52. The molecule has 0 bridgehead atoms. The van der Waals surface area contributed by atoms with Gasteiger partial charge in [-0.25, -0.2) is 9.67 Å². The normalized spacial score (nSPS) is 19.7. The molecule has 2 saturated heterocycles. The fraction of sp³-hybridized carbons (Fsp3) is 0.458. The third-order valence-corrected chi connectivity index (χ3v) is 6.98. The van der Waals surface area contributed by atoms with Gasteiger partial charge in [0.05, 0.1) is 17.2 Å². The molecule has 3 aromatic rings. The maximum absolute atomic E-state index is 4.62. The maximum Gasteiger partial charge on any atom is 0.162 e. The number of hydrogen-bond acceptors (Lipinski definition) is 6. The Morgan fingerprint density at radius 1 is 1.12 bits per heavy atom. The number of aliphatic imine (C=N–C) groups is 1. The molecule has 2 aliphatic rings. The van der Waals surface area contributed by atoms with Crippen LogP contribution in [-0.4, -0.2) is 93.5 Å². The van der Waals surface area contributed by atoms with Gasteiger partial charge in [-0.2, -0.15) is 5.10 Å². The summed E-state index contributed by atoms with van der Waals surface area (Å²) in [6, 6.07) is 4.68. The number of nitrogens with one attached hydrogen (secondary N) is 1. The fourth-order valence-corrected chi connectivity index (χ4v) is 5.01. The van der Waals surface area contributed by atoms with Gasteiger partial charge in [-0.1, -0.05) is 0 Å². The van der Waals surface area contributed by atoms with Crippen LogP contribution in [0.3, 0.4) is 0 Å². The van der Waals surface area contributed by atoms with Gasteiger partial charge in [0.1, 0.15) is 0 Å². The van der Waals surface area contributed by atoms with E-state index in [-0.39, 0.29) is 0 Å². The lowest BCUT2D eigenvalue weighted by atomic mass is 10.0. The van der Waals surface area contributed by atoms with Crippen LogP contribution in [0, 0.1) is 0 Å². The molecule has 0 spiro atoms. The second-order valence-electron chi connectivity index (χ2n) is 8.91. The van der Waals surface area contributed by atoms with E-state index in [1.165, 1.54) is 44.7 Å². The predicted molar refractivity (Wildman–Crippen MR) is 130 cm³/mol. The highest BCUT2D eigenvalue weighted by Crippen LogP contribution is 2.34. The summed E-state index contributed by atoms with van der Waals surface area (Å²) >= 11 is 0. The zero-order valence-electron chi connectivity index (χ0n) is 19.0. The molecule has 168 valence electrons. The molecule has 0 atom stereocenters. The Kier molecular flexibility index (Phi) is 5.80. The zero-order chi connectivity index (χ0) is 22.1. The van der Waals surface area contributed by atoms with Crippen LogP contribution in [0.25, 0.3) is 28.4 Å². The van der Waals surface area contributed by atoms with Gasteiger partial charge in [0.25, 0.3) is 0 Å². The van der Waals surface area contributed by atoms with Gasteiger partial charge in [-0.05, 0) is 45.7 Å². The summed E-state index contributed by atoms with van der Waals surface area (Å²) in [7, 11) is 2.22. The van der Waals surface area contributed by atoms with Crippen LogP contribution in [0.15, 0.2) is 41.4 Å². The molecule has 0 unspecified atom stereocenters. The molecular weight excluding hydrogens is 400 g/mol. The van der Waals surface area contributed by atoms with E-state index in [0.717, 1.165) is 41.1 Å². The highest BCUT2D eigenvalue weighted by atomic mass is 15.3. The number of piperidine rings is 1. The molecule has 5 heterocycles. The van der Waals surface area contributed by atoms with Crippen molar-refractivity contribution in [3.05, 3.63) is 36.4 Å². The molecule has 3 aromatic heterocycles. The summed E-state index contributed by atoms with van der Waals surface area (Å²) in [5.74, 6) is 0.749. The average molecular weight is 433 g/mol. The van der Waals surface area contributed by atoms with Crippen molar-refractivity contribution >= 4 is 29.8 Å². The number of pyridine rings is 1. The molecule has 2 aliphatic heterocycles. The molecule has 0 aromatic carbocycles. The monoisotopic (exact) mass is 432 g/mol. The Morgan fingerprint density at radius 3 is 2.66 bits per heavy atom. The third kappa shape index (κ3) is 3.96. The molecule has 1 N–H and O–H groups in total. The molecule has 2 fully saturated rings. The summed E-state index contributed by atoms with van der Waals surface area (Å²) in [4.78, 5) is 19.6. The minimum absolute atomic E-state index is 0.712. The number of hydrogen-bond donors (Lipinski definition) is 1. The molecule has 0 radical (unpaired) electrons. The van der Waals surface area contributed by atoms with Crippen molar-refractivity contribution in [1.82, 2.24) is 34.4 Å². The number of nitrogens with zero attached hydrogens (tertiary/aromatic N) is 7. The van der Waals surface area contributed by atoms with Crippen LogP contribution in [-0.2, 0) is 0 Å². The van der Waals surface area contributed by atoms with Crippen molar-refractivity contribution in [3.8, 4) is 11.1 Å². The van der Waals surface area contributed by atoms with Crippen LogP contribution >= 0.6 is 0 Å². The molecule has 0 aliphatic carbocycles. The first-order chi connectivity index (χ1) is 15.6. The van der Waals surface area contributed by atoms with Crippen molar-refractivity contribution in [2.75, 3.05) is 46.3 Å². The smallest absolute Gasteiger partial charge is 0.162 e. The van der Waals surface area contributed by atoms with Crippen LogP contribution < -0.4 is 0 Å². The largest absolute Gasteiger partial charge is 0.374 e. The number of piperazine rings is 1. The Morgan fingerprint density at radius 2 is 1.91 bits per heavy atom. The standard InChI is InChI=1S/C24H32N8/c1-18(30-10-6-19(7-11-30)31-14-12-29(3)13-15-31)17-32-24(25-2)21(16-28-32)20-4-8-26-22-5-9-27-23(20)22/h4-5,8-9,16-17,19,27H,2,6-7,10-15H2,1,3H3/b18-17+. The molecule has 8 nitrogen and oxygen atoms in total. The van der Waals surface area contributed by atoms with Crippen LogP contribution in [0.5, 0.6) is 0 Å². The second kappa shape index (κ2) is 8.88. The molecule has 8 heteroatoms. The zero-order valence-corrected chi connectivity index (χ0v) is 19.0. The summed E-state index contributed by atoms with van der Waals surface area (Å²) in [5.41, 5.74) is 5.12. The van der Waals surface area contributed by atoms with E-state index < -0.39 is 0 Å². The minimum Gasteiger partial charge on any atom is -0.374 e. The van der Waals surface area contributed by atoms with E-state index >= 15 is 0 Å². The number of aromatic amines is 1. The molecular formula is C24H32N8. The van der Waals surface area contributed by atoms with Gasteiger partial charge < -0.3 is 14.8 Å². The fourth-order valence-electron chi connectivity index (χ4n) is 5.01. The number of aromatic nitrogens is 4. The first-order valence-corrected chi connectivity index (χ1v) is 11.5. The van der Waals surface area contributed by atoms with Crippen LogP contribution in [0.4, 0.5) is 5.82 Å². The summed E-state index contributed by atoms with van der Waals surface area (Å²) in [6.07, 6.45) is 10.1. The summed E-state index contributed by atoms with van der Waals surface area (Å²) in [6.45, 7) is 12.9. The second-order valence-corrected chi connectivity index (χ2v) is 8.91. The molecule has 32 heavy (non-hydrogen) atoms. The number of rotatable bonds is 5. The number of allylic oxidation sites excluding steroid dienone is 1. The van der Waals surface area contributed by atoms with Gasteiger partial charge in [0.15, 0.2) is 5.82 Å². The van der Waals surface area contributed by atoms with Crippen molar-refractivity contribution in [2.45, 2.75) is 25.8 Å². The van der Waals surface area contributed by atoms with Crippen LogP contribution in [0.1, 0.15) is 19.8 Å². The molecule has 0 saturated carbocycles. The third-order valence-electron chi connectivity index (χ3n) is 6.98. The Labute approximate surface area is 189 Å². The highest BCUT2D eigenvalue weighted by molar-refractivity contribution is 5.94. The first-order valence-electron chi connectivity index (χ1n) is 11.5. The van der Waals surface area contributed by atoms with E-state index in [9.17, 15) is 0 Å².